The number of pyridine rings is 1. The van der Waals surface area contributed by atoms with Crippen molar-refractivity contribution in [2.75, 3.05) is 18.4 Å². The Labute approximate surface area is 179 Å². The molecular weight excluding hydrogens is 408 g/mol. The van der Waals surface area contributed by atoms with E-state index in [1.165, 1.54) is 6.07 Å². The summed E-state index contributed by atoms with van der Waals surface area (Å²) in [7, 11) is 0. The number of hydrogen-bond donors (Lipinski definition) is 2. The number of piperidine rings is 1. The number of nitrogens with zero attached hydrogens (tertiary/aromatic N) is 3. The highest BCUT2D eigenvalue weighted by Crippen LogP contribution is 2.26. The molecule has 5 nitrogen and oxygen atoms in total. The summed E-state index contributed by atoms with van der Waals surface area (Å²) >= 11 is 5.88. The normalized spacial score (nSPS) is 15.5. The molecule has 2 N–H and O–H groups in total. The van der Waals surface area contributed by atoms with Crippen LogP contribution in [0.25, 0.3) is 0 Å². The highest BCUT2D eigenvalue weighted by atomic mass is 35.5. The second-order valence-electron chi connectivity index (χ2n) is 7.82. The zero-order chi connectivity index (χ0) is 21.1. The molecule has 0 unspecified atom stereocenters. The fourth-order valence-electron chi connectivity index (χ4n) is 3.85. The van der Waals surface area contributed by atoms with E-state index in [-0.39, 0.29) is 16.7 Å². The number of nitrogens with one attached hydrogen (secondary N) is 2. The van der Waals surface area contributed by atoms with Crippen LogP contribution in [0.4, 0.5) is 20.4 Å². The Balaban J connectivity index is 1.33. The van der Waals surface area contributed by atoms with Crippen LogP contribution in [-0.2, 0) is 13.0 Å². The van der Waals surface area contributed by atoms with Gasteiger partial charge in [0.15, 0.2) is 11.6 Å². The summed E-state index contributed by atoms with van der Waals surface area (Å²) in [5, 5.41) is 9.96. The van der Waals surface area contributed by atoms with Crippen LogP contribution in [0.15, 0.2) is 36.4 Å². The van der Waals surface area contributed by atoms with Crippen molar-refractivity contribution in [2.45, 2.75) is 32.7 Å². The molecule has 3 aromatic rings. The van der Waals surface area contributed by atoms with Crippen LogP contribution < -0.4 is 5.32 Å². The molecule has 0 bridgehead atoms. The predicted molar refractivity (Wildman–Crippen MR) is 114 cm³/mol. The van der Waals surface area contributed by atoms with Crippen molar-refractivity contribution in [3.63, 3.8) is 0 Å². The molecule has 1 aliphatic heterocycles. The molecule has 1 aliphatic rings. The van der Waals surface area contributed by atoms with Crippen molar-refractivity contribution >= 4 is 23.2 Å². The van der Waals surface area contributed by atoms with Crippen molar-refractivity contribution in [3.8, 4) is 0 Å². The Morgan fingerprint density at radius 2 is 2.00 bits per heavy atom. The minimum absolute atomic E-state index is 0.166. The fourth-order valence-corrected chi connectivity index (χ4v) is 4.05. The van der Waals surface area contributed by atoms with Gasteiger partial charge in [-0.25, -0.2) is 13.8 Å². The summed E-state index contributed by atoms with van der Waals surface area (Å²) in [6.45, 7) is 4.19. The van der Waals surface area contributed by atoms with Crippen LogP contribution >= 0.6 is 11.6 Å². The minimum Gasteiger partial charge on any atom is -0.323 e. The van der Waals surface area contributed by atoms with Crippen LogP contribution in [0.1, 0.15) is 29.8 Å². The number of H-pyrrole nitrogens is 1. The molecule has 1 saturated heterocycles. The third-order valence-corrected chi connectivity index (χ3v) is 5.79. The van der Waals surface area contributed by atoms with Crippen molar-refractivity contribution in [1.29, 1.82) is 0 Å². The number of anilines is 2. The molecule has 0 atom stereocenters. The van der Waals surface area contributed by atoms with Crippen molar-refractivity contribution in [2.24, 2.45) is 5.92 Å². The van der Waals surface area contributed by atoms with Gasteiger partial charge in [-0.1, -0.05) is 23.7 Å². The molecule has 0 saturated carbocycles. The van der Waals surface area contributed by atoms with Gasteiger partial charge in [0.25, 0.3) is 0 Å². The summed E-state index contributed by atoms with van der Waals surface area (Å²) in [6, 6.07) is 10.1. The van der Waals surface area contributed by atoms with Gasteiger partial charge in [-0.05, 0) is 63.4 Å². The number of likely N-dealkylation sites (tertiary alicyclic amines) is 1. The van der Waals surface area contributed by atoms with Gasteiger partial charge in [0, 0.05) is 23.9 Å². The molecule has 1 aromatic carbocycles. The molecule has 0 spiro atoms. The first-order valence-corrected chi connectivity index (χ1v) is 10.5. The molecule has 3 heterocycles. The summed E-state index contributed by atoms with van der Waals surface area (Å²) in [4.78, 5) is 6.71. The Bertz CT molecular complexity index is 1010. The smallest absolute Gasteiger partial charge is 0.168 e. The lowest BCUT2D eigenvalue weighted by Crippen LogP contribution is -2.34. The molecule has 4 rings (SSSR count). The van der Waals surface area contributed by atoms with Gasteiger partial charge >= 0.3 is 0 Å². The van der Waals surface area contributed by atoms with Gasteiger partial charge in [0.2, 0.25) is 0 Å². The first-order chi connectivity index (χ1) is 14.5. The number of aromatic amines is 1. The van der Waals surface area contributed by atoms with Crippen LogP contribution in [0.5, 0.6) is 0 Å². The maximum atomic E-state index is 14.2. The first-order valence-electron chi connectivity index (χ1n) is 10.1. The van der Waals surface area contributed by atoms with Gasteiger partial charge in [-0.3, -0.25) is 10.00 Å². The summed E-state index contributed by atoms with van der Waals surface area (Å²) in [5.41, 5.74) is 2.30. The van der Waals surface area contributed by atoms with E-state index in [0.29, 0.717) is 23.8 Å². The molecule has 1 fully saturated rings. The zero-order valence-corrected chi connectivity index (χ0v) is 17.5. The van der Waals surface area contributed by atoms with Gasteiger partial charge in [0.05, 0.1) is 10.7 Å². The van der Waals surface area contributed by atoms with E-state index in [1.54, 1.807) is 30.3 Å². The molecule has 0 aliphatic carbocycles. The predicted octanol–water partition coefficient (Wildman–Crippen LogP) is 5.24. The maximum Gasteiger partial charge on any atom is 0.168 e. The van der Waals surface area contributed by atoms with E-state index in [4.69, 9.17) is 11.6 Å². The van der Waals surface area contributed by atoms with Crippen LogP contribution in [0, 0.1) is 24.5 Å². The lowest BCUT2D eigenvalue weighted by Gasteiger charge is -2.32. The Morgan fingerprint density at radius 1 is 1.20 bits per heavy atom. The van der Waals surface area contributed by atoms with Crippen molar-refractivity contribution in [1.82, 2.24) is 20.1 Å². The average Bonchev–Trinajstić information content (AvgIpc) is 3.14. The summed E-state index contributed by atoms with van der Waals surface area (Å²) in [5.74, 6) is 0.543. The third kappa shape index (κ3) is 4.96. The van der Waals surface area contributed by atoms with Crippen LogP contribution in [0.2, 0.25) is 5.02 Å². The number of aryl methyl sites for hydroxylation is 1. The highest BCUT2D eigenvalue weighted by molar-refractivity contribution is 6.30. The second-order valence-corrected chi connectivity index (χ2v) is 8.22. The lowest BCUT2D eigenvalue weighted by atomic mass is 9.91. The van der Waals surface area contributed by atoms with Gasteiger partial charge in [-0.2, -0.15) is 5.10 Å². The minimum atomic E-state index is -0.399. The Hall–Kier alpha value is -2.51. The zero-order valence-electron chi connectivity index (χ0n) is 16.8. The molecule has 0 amide bonds. The van der Waals surface area contributed by atoms with Crippen molar-refractivity contribution < 1.29 is 8.78 Å². The second kappa shape index (κ2) is 9.10. The molecule has 2 aromatic heterocycles. The van der Waals surface area contributed by atoms with Crippen molar-refractivity contribution in [3.05, 3.63) is 70.0 Å². The summed E-state index contributed by atoms with van der Waals surface area (Å²) in [6.07, 6.45) is 2.77. The van der Waals surface area contributed by atoms with Crippen LogP contribution in [-0.4, -0.2) is 33.2 Å². The SMILES string of the molecule is Cc1cc(Nc2nc(CC3CCN(Cc4cccc(Cl)c4F)CC3)ccc2F)[nH]n1. The van der Waals surface area contributed by atoms with Gasteiger partial charge in [0.1, 0.15) is 11.6 Å². The van der Waals surface area contributed by atoms with E-state index < -0.39 is 5.82 Å². The van der Waals surface area contributed by atoms with E-state index in [0.717, 1.165) is 43.7 Å². The lowest BCUT2D eigenvalue weighted by molar-refractivity contribution is 0.175. The number of benzene rings is 1. The maximum absolute atomic E-state index is 14.2. The van der Waals surface area contributed by atoms with Gasteiger partial charge < -0.3 is 5.32 Å². The monoisotopic (exact) mass is 431 g/mol. The highest BCUT2D eigenvalue weighted by Gasteiger charge is 2.21. The number of halogens is 3. The number of aromatic nitrogens is 3. The number of rotatable bonds is 6. The molecule has 158 valence electrons. The van der Waals surface area contributed by atoms with Crippen LogP contribution in [0.3, 0.4) is 0 Å². The molecule has 30 heavy (non-hydrogen) atoms. The van der Waals surface area contributed by atoms with E-state index in [9.17, 15) is 8.78 Å². The fraction of sp³-hybridized carbons (Fsp3) is 0.364. The Morgan fingerprint density at radius 3 is 2.73 bits per heavy atom. The van der Waals surface area contributed by atoms with E-state index >= 15 is 0 Å². The largest absolute Gasteiger partial charge is 0.323 e. The number of hydrogen-bond acceptors (Lipinski definition) is 4. The topological polar surface area (TPSA) is 56.8 Å². The van der Waals surface area contributed by atoms with E-state index in [2.05, 4.69) is 25.4 Å². The Kier molecular flexibility index (Phi) is 6.29. The molecule has 8 heteroatoms. The van der Waals surface area contributed by atoms with E-state index in [1.807, 2.05) is 6.92 Å². The first kappa shape index (κ1) is 20.8. The molecular formula is C22H24ClF2N5. The quantitative estimate of drug-likeness (QED) is 0.560. The third-order valence-electron chi connectivity index (χ3n) is 5.49. The average molecular weight is 432 g/mol. The standard InChI is InChI=1S/C22H24ClF2N5/c1-14-11-20(29-28-14)27-22-19(24)6-5-17(26-22)12-15-7-9-30(10-8-15)13-16-3-2-4-18(23)21(16)25/h2-6,11,15H,7-10,12-13H2,1H3,(H2,26,27,28,29). The summed E-state index contributed by atoms with van der Waals surface area (Å²) < 4.78 is 28.3. The molecule has 0 radical (unpaired) electrons. The van der Waals surface area contributed by atoms with Gasteiger partial charge in [-0.15, -0.1) is 0 Å².